The Hall–Kier alpha value is -1.60. The van der Waals surface area contributed by atoms with Gasteiger partial charge in [0.05, 0.1) is 4.90 Å². The number of nitrogens with zero attached hydrogens (tertiary/aromatic N) is 2. The van der Waals surface area contributed by atoms with Crippen LogP contribution in [-0.2, 0) is 16.6 Å². The Kier molecular flexibility index (Phi) is 7.35. The Morgan fingerprint density at radius 3 is 2.46 bits per heavy atom. The summed E-state index contributed by atoms with van der Waals surface area (Å²) >= 11 is 0. The molecule has 0 bridgehead atoms. The van der Waals surface area contributed by atoms with Gasteiger partial charge in [-0.15, -0.1) is 0 Å². The van der Waals surface area contributed by atoms with Gasteiger partial charge in [0.1, 0.15) is 0 Å². The Labute approximate surface area is 169 Å². The minimum absolute atomic E-state index is 0.384. The minimum Gasteiger partial charge on any atom is -0.354 e. The van der Waals surface area contributed by atoms with Gasteiger partial charge in [0.15, 0.2) is 5.96 Å². The van der Waals surface area contributed by atoms with Crippen molar-refractivity contribution in [2.45, 2.75) is 69.4 Å². The van der Waals surface area contributed by atoms with E-state index in [0.29, 0.717) is 36.5 Å². The molecule has 0 aromatic heterocycles. The molecule has 1 aliphatic heterocycles. The highest BCUT2D eigenvalue weighted by atomic mass is 32.2. The van der Waals surface area contributed by atoms with E-state index in [1.807, 2.05) is 12.1 Å². The third kappa shape index (κ3) is 5.47. The van der Waals surface area contributed by atoms with E-state index in [1.54, 1.807) is 23.5 Å². The van der Waals surface area contributed by atoms with E-state index >= 15 is 0 Å². The summed E-state index contributed by atoms with van der Waals surface area (Å²) < 4.78 is 27.3. The zero-order valence-electron chi connectivity index (χ0n) is 17.2. The zero-order chi connectivity index (χ0) is 20.0. The first kappa shape index (κ1) is 21.1. The molecule has 0 spiro atoms. The molecular formula is C21H34N4O2S. The van der Waals surface area contributed by atoms with Crippen LogP contribution in [0, 0.1) is 5.92 Å². The average Bonchev–Trinajstić information content (AvgIpc) is 2.72. The molecule has 1 saturated carbocycles. The van der Waals surface area contributed by atoms with Crippen molar-refractivity contribution in [3.05, 3.63) is 29.8 Å². The van der Waals surface area contributed by atoms with Crippen molar-refractivity contribution in [1.29, 1.82) is 0 Å². The Balaban J connectivity index is 1.56. The molecule has 1 atom stereocenters. The summed E-state index contributed by atoms with van der Waals surface area (Å²) in [7, 11) is -1.60. The Morgan fingerprint density at radius 1 is 1.11 bits per heavy atom. The summed E-state index contributed by atoms with van der Waals surface area (Å²) in [6.07, 6.45) is 8.32. The van der Waals surface area contributed by atoms with Crippen molar-refractivity contribution in [2.24, 2.45) is 10.9 Å². The lowest BCUT2D eigenvalue weighted by atomic mass is 9.96. The Bertz CT molecular complexity index is 755. The van der Waals surface area contributed by atoms with E-state index in [-0.39, 0.29) is 0 Å². The number of benzene rings is 1. The maximum absolute atomic E-state index is 12.9. The molecular weight excluding hydrogens is 372 g/mol. The van der Waals surface area contributed by atoms with Crippen LogP contribution in [-0.4, -0.2) is 44.9 Å². The van der Waals surface area contributed by atoms with Gasteiger partial charge in [-0.3, -0.25) is 4.99 Å². The highest BCUT2D eigenvalue weighted by Gasteiger charge is 2.28. The van der Waals surface area contributed by atoms with Crippen molar-refractivity contribution in [3.63, 3.8) is 0 Å². The summed E-state index contributed by atoms with van der Waals surface area (Å²) in [5.74, 6) is 1.24. The third-order valence-electron chi connectivity index (χ3n) is 5.81. The lowest BCUT2D eigenvalue weighted by Crippen LogP contribution is -2.43. The molecule has 0 radical (unpaired) electrons. The van der Waals surface area contributed by atoms with Crippen LogP contribution in [0.25, 0.3) is 0 Å². The van der Waals surface area contributed by atoms with Gasteiger partial charge in [-0.05, 0) is 49.3 Å². The van der Waals surface area contributed by atoms with Gasteiger partial charge >= 0.3 is 0 Å². The molecule has 1 unspecified atom stereocenters. The number of aliphatic imine (C=N–C) groups is 1. The lowest BCUT2D eigenvalue weighted by molar-refractivity contribution is 0.281. The summed E-state index contributed by atoms with van der Waals surface area (Å²) in [4.78, 5) is 4.70. The summed E-state index contributed by atoms with van der Waals surface area (Å²) in [5.41, 5.74) is 1.04. The van der Waals surface area contributed by atoms with Crippen molar-refractivity contribution < 1.29 is 8.42 Å². The van der Waals surface area contributed by atoms with Crippen LogP contribution in [0.5, 0.6) is 0 Å². The maximum atomic E-state index is 12.9. The molecule has 1 heterocycles. The molecule has 2 N–H and O–H groups in total. The molecule has 1 saturated heterocycles. The Morgan fingerprint density at radius 2 is 1.82 bits per heavy atom. The van der Waals surface area contributed by atoms with Gasteiger partial charge in [-0.2, -0.15) is 4.31 Å². The predicted molar refractivity (Wildman–Crippen MR) is 114 cm³/mol. The molecule has 6 nitrogen and oxygen atoms in total. The second-order valence-corrected chi connectivity index (χ2v) is 10.1. The van der Waals surface area contributed by atoms with Gasteiger partial charge in [0, 0.05) is 32.7 Å². The van der Waals surface area contributed by atoms with E-state index in [9.17, 15) is 8.42 Å². The van der Waals surface area contributed by atoms with E-state index in [4.69, 9.17) is 0 Å². The third-order valence-corrected chi connectivity index (χ3v) is 7.69. The smallest absolute Gasteiger partial charge is 0.243 e. The van der Waals surface area contributed by atoms with E-state index < -0.39 is 10.0 Å². The van der Waals surface area contributed by atoms with Crippen LogP contribution in [0.1, 0.15) is 57.4 Å². The highest BCUT2D eigenvalue weighted by Crippen LogP contribution is 2.23. The van der Waals surface area contributed by atoms with Crippen LogP contribution in [0.2, 0.25) is 0 Å². The molecule has 156 valence electrons. The second-order valence-electron chi connectivity index (χ2n) is 8.16. The standard InChI is InChI=1S/C21H34N4O2S/c1-17-7-6-14-25(16-17)28(26,27)20-12-10-18(11-13-20)15-23-21(22-2)24-19-8-4-3-5-9-19/h10-13,17,19H,3-9,14-16H2,1-2H3,(H2,22,23,24). The van der Waals surface area contributed by atoms with E-state index in [2.05, 4.69) is 22.5 Å². The molecule has 1 aliphatic carbocycles. The first-order valence-electron chi connectivity index (χ1n) is 10.6. The first-order chi connectivity index (χ1) is 13.5. The lowest BCUT2D eigenvalue weighted by Gasteiger charge is -2.30. The van der Waals surface area contributed by atoms with Crippen molar-refractivity contribution in [3.8, 4) is 0 Å². The second kappa shape index (κ2) is 9.74. The number of hydrogen-bond acceptors (Lipinski definition) is 3. The van der Waals surface area contributed by atoms with Crippen molar-refractivity contribution >= 4 is 16.0 Å². The quantitative estimate of drug-likeness (QED) is 0.582. The number of rotatable bonds is 5. The predicted octanol–water partition coefficient (Wildman–Crippen LogP) is 3.10. The van der Waals surface area contributed by atoms with Gasteiger partial charge in [-0.25, -0.2) is 8.42 Å². The van der Waals surface area contributed by atoms with Crippen molar-refractivity contribution in [2.75, 3.05) is 20.1 Å². The van der Waals surface area contributed by atoms with Gasteiger partial charge in [0.25, 0.3) is 0 Å². The molecule has 3 rings (SSSR count). The van der Waals surface area contributed by atoms with Crippen LogP contribution >= 0.6 is 0 Å². The van der Waals surface area contributed by atoms with Crippen LogP contribution in [0.4, 0.5) is 0 Å². The number of piperidine rings is 1. The average molecular weight is 407 g/mol. The molecule has 2 fully saturated rings. The maximum Gasteiger partial charge on any atom is 0.243 e. The monoisotopic (exact) mass is 406 g/mol. The molecule has 1 aromatic carbocycles. The highest BCUT2D eigenvalue weighted by molar-refractivity contribution is 7.89. The number of guanidine groups is 1. The minimum atomic E-state index is -3.39. The van der Waals surface area contributed by atoms with Crippen LogP contribution in [0.3, 0.4) is 0 Å². The molecule has 1 aromatic rings. The molecule has 7 heteroatoms. The normalized spacial score (nSPS) is 22.8. The van der Waals surface area contributed by atoms with E-state index in [1.165, 1.54) is 32.1 Å². The summed E-state index contributed by atoms with van der Waals surface area (Å²) in [6.45, 7) is 3.98. The first-order valence-corrected chi connectivity index (χ1v) is 12.0. The van der Waals surface area contributed by atoms with Crippen LogP contribution < -0.4 is 10.6 Å². The number of sulfonamides is 1. The fourth-order valence-electron chi connectivity index (χ4n) is 4.11. The van der Waals surface area contributed by atoms with Gasteiger partial charge < -0.3 is 10.6 Å². The largest absolute Gasteiger partial charge is 0.354 e. The summed E-state index contributed by atoms with van der Waals surface area (Å²) in [5, 5.41) is 6.83. The fraction of sp³-hybridized carbons (Fsp3) is 0.667. The zero-order valence-corrected chi connectivity index (χ0v) is 18.0. The van der Waals surface area contributed by atoms with Gasteiger partial charge in [-0.1, -0.05) is 38.3 Å². The topological polar surface area (TPSA) is 73.8 Å². The van der Waals surface area contributed by atoms with Gasteiger partial charge in [0.2, 0.25) is 10.0 Å². The SMILES string of the molecule is CN=C(NCc1ccc(S(=O)(=O)N2CCCC(C)C2)cc1)NC1CCCCC1. The fourth-order valence-corrected chi connectivity index (χ4v) is 5.71. The van der Waals surface area contributed by atoms with Crippen LogP contribution in [0.15, 0.2) is 34.2 Å². The molecule has 2 aliphatic rings. The summed E-state index contributed by atoms with van der Waals surface area (Å²) in [6, 6.07) is 7.73. The van der Waals surface area contributed by atoms with Crippen molar-refractivity contribution in [1.82, 2.24) is 14.9 Å². The number of hydrogen-bond donors (Lipinski definition) is 2. The van der Waals surface area contributed by atoms with E-state index in [0.717, 1.165) is 24.4 Å². The molecule has 0 amide bonds. The number of nitrogens with one attached hydrogen (secondary N) is 2. The molecule has 28 heavy (non-hydrogen) atoms.